The Hall–Kier alpha value is -2.02. The Bertz CT molecular complexity index is 765. The van der Waals surface area contributed by atoms with Crippen LogP contribution in [0.2, 0.25) is 0 Å². The number of ether oxygens (including phenoxy) is 2. The van der Waals surface area contributed by atoms with E-state index in [0.717, 1.165) is 12.8 Å². The molecule has 1 aromatic carbocycles. The van der Waals surface area contributed by atoms with Crippen LogP contribution in [-0.2, 0) is 4.79 Å². The third-order valence-corrected chi connectivity index (χ3v) is 5.44. The van der Waals surface area contributed by atoms with Gasteiger partial charge in [0.05, 0.1) is 0 Å². The minimum absolute atomic E-state index is 0. The summed E-state index contributed by atoms with van der Waals surface area (Å²) in [5.74, 6) is 1.89. The molecule has 2 saturated heterocycles. The van der Waals surface area contributed by atoms with E-state index < -0.39 is 0 Å². The standard InChI is InChI=1S/C21H25N3O3.2ClH/c1-24(17-12-15-5-6-16(13-17)23-15)21(25)14-26-18-7-9-19(10-8-18)27-20-4-2-3-11-22-20;;/h2-4,7-11,15-17,23H,5-6,12-14H2,1H3;2*1H. The molecular weight excluding hydrogens is 413 g/mol. The van der Waals surface area contributed by atoms with Crippen molar-refractivity contribution in [3.8, 4) is 17.4 Å². The summed E-state index contributed by atoms with van der Waals surface area (Å²) < 4.78 is 11.3. The summed E-state index contributed by atoms with van der Waals surface area (Å²) in [7, 11) is 1.89. The molecule has 8 heteroatoms. The lowest BCUT2D eigenvalue weighted by Gasteiger charge is -2.35. The second-order valence-corrected chi connectivity index (χ2v) is 7.30. The molecule has 2 atom stereocenters. The van der Waals surface area contributed by atoms with Crippen molar-refractivity contribution in [1.82, 2.24) is 15.2 Å². The lowest BCUT2D eigenvalue weighted by Crippen LogP contribution is -2.49. The lowest BCUT2D eigenvalue weighted by atomic mass is 9.98. The maximum absolute atomic E-state index is 12.5. The van der Waals surface area contributed by atoms with Crippen molar-refractivity contribution < 1.29 is 14.3 Å². The van der Waals surface area contributed by atoms with E-state index in [9.17, 15) is 4.79 Å². The molecule has 4 rings (SSSR count). The monoisotopic (exact) mass is 439 g/mol. The van der Waals surface area contributed by atoms with Gasteiger partial charge in [-0.2, -0.15) is 0 Å². The smallest absolute Gasteiger partial charge is 0.260 e. The number of likely N-dealkylation sites (N-methyl/N-ethyl adjacent to an activating group) is 1. The van der Waals surface area contributed by atoms with Crippen molar-refractivity contribution in [3.05, 3.63) is 48.7 Å². The van der Waals surface area contributed by atoms with Gasteiger partial charge in [0.1, 0.15) is 11.5 Å². The van der Waals surface area contributed by atoms with E-state index in [-0.39, 0.29) is 37.3 Å². The fourth-order valence-corrected chi connectivity index (χ4v) is 3.93. The predicted octanol–water partition coefficient (Wildman–Crippen LogP) is 3.84. The van der Waals surface area contributed by atoms with Gasteiger partial charge in [0, 0.05) is 37.4 Å². The van der Waals surface area contributed by atoms with E-state index >= 15 is 0 Å². The molecule has 2 bridgehead atoms. The quantitative estimate of drug-likeness (QED) is 0.740. The van der Waals surface area contributed by atoms with E-state index in [1.807, 2.05) is 36.2 Å². The predicted molar refractivity (Wildman–Crippen MR) is 116 cm³/mol. The summed E-state index contributed by atoms with van der Waals surface area (Å²) in [5.41, 5.74) is 0. The first-order valence-electron chi connectivity index (χ1n) is 9.51. The van der Waals surface area contributed by atoms with Gasteiger partial charge in [-0.25, -0.2) is 4.98 Å². The molecule has 2 aromatic rings. The molecule has 2 aliphatic rings. The van der Waals surface area contributed by atoms with Crippen LogP contribution in [0.3, 0.4) is 0 Å². The van der Waals surface area contributed by atoms with E-state index in [4.69, 9.17) is 9.47 Å². The largest absolute Gasteiger partial charge is 0.484 e. The van der Waals surface area contributed by atoms with Crippen LogP contribution in [0.25, 0.3) is 0 Å². The number of fused-ring (bicyclic) bond motifs is 2. The van der Waals surface area contributed by atoms with Gasteiger partial charge in [-0.15, -0.1) is 24.8 Å². The zero-order valence-electron chi connectivity index (χ0n) is 16.3. The number of piperidine rings is 1. The summed E-state index contributed by atoms with van der Waals surface area (Å²) in [6.45, 7) is 0.0518. The highest BCUT2D eigenvalue weighted by Gasteiger charge is 2.36. The second kappa shape index (κ2) is 10.7. The fraction of sp³-hybridized carbons (Fsp3) is 0.429. The zero-order valence-corrected chi connectivity index (χ0v) is 18.0. The van der Waals surface area contributed by atoms with Gasteiger partial charge in [-0.1, -0.05) is 6.07 Å². The Morgan fingerprint density at radius 1 is 1.07 bits per heavy atom. The van der Waals surface area contributed by atoms with Crippen molar-refractivity contribution in [2.24, 2.45) is 0 Å². The molecule has 0 radical (unpaired) electrons. The number of nitrogens with one attached hydrogen (secondary N) is 1. The Morgan fingerprint density at radius 3 is 2.34 bits per heavy atom. The number of halogens is 2. The first kappa shape index (κ1) is 23.3. The molecular formula is C21H27Cl2N3O3. The Morgan fingerprint density at radius 2 is 1.72 bits per heavy atom. The summed E-state index contributed by atoms with van der Waals surface area (Å²) in [5, 5.41) is 3.61. The SMILES string of the molecule is CN(C(=O)COc1ccc(Oc2ccccn2)cc1)C1CC2CCC(C1)N2.Cl.Cl. The average Bonchev–Trinajstić information content (AvgIpc) is 3.05. The van der Waals surface area contributed by atoms with Crippen LogP contribution < -0.4 is 14.8 Å². The minimum atomic E-state index is 0. The van der Waals surface area contributed by atoms with Gasteiger partial charge in [0.25, 0.3) is 5.91 Å². The number of benzene rings is 1. The van der Waals surface area contributed by atoms with Gasteiger partial charge >= 0.3 is 0 Å². The number of aromatic nitrogens is 1. The molecule has 158 valence electrons. The van der Waals surface area contributed by atoms with Crippen LogP contribution in [0.15, 0.2) is 48.7 Å². The Balaban J connectivity index is 0.00000150. The topological polar surface area (TPSA) is 63.7 Å². The number of nitrogens with zero attached hydrogens (tertiary/aromatic N) is 2. The maximum atomic E-state index is 12.5. The molecule has 0 spiro atoms. The molecule has 2 fully saturated rings. The fourth-order valence-electron chi connectivity index (χ4n) is 3.93. The van der Waals surface area contributed by atoms with Crippen LogP contribution in [0, 0.1) is 0 Å². The third kappa shape index (κ3) is 5.98. The molecule has 1 amide bonds. The highest BCUT2D eigenvalue weighted by atomic mass is 35.5. The van der Waals surface area contributed by atoms with Gasteiger partial charge < -0.3 is 19.7 Å². The number of rotatable bonds is 6. The van der Waals surface area contributed by atoms with Crippen molar-refractivity contribution in [2.45, 2.75) is 43.8 Å². The third-order valence-electron chi connectivity index (χ3n) is 5.44. The Labute approximate surface area is 183 Å². The van der Waals surface area contributed by atoms with E-state index in [1.165, 1.54) is 12.8 Å². The van der Waals surface area contributed by atoms with Crippen LogP contribution in [-0.4, -0.2) is 47.6 Å². The van der Waals surface area contributed by atoms with Crippen LogP contribution in [0.4, 0.5) is 0 Å². The first-order chi connectivity index (χ1) is 13.2. The number of hydrogen-bond acceptors (Lipinski definition) is 5. The van der Waals surface area contributed by atoms with Crippen LogP contribution in [0.5, 0.6) is 17.4 Å². The second-order valence-electron chi connectivity index (χ2n) is 7.30. The van der Waals surface area contributed by atoms with Crippen molar-refractivity contribution in [3.63, 3.8) is 0 Å². The van der Waals surface area contributed by atoms with Crippen LogP contribution in [0.1, 0.15) is 25.7 Å². The van der Waals surface area contributed by atoms with E-state index in [2.05, 4.69) is 10.3 Å². The number of hydrogen-bond donors (Lipinski definition) is 1. The lowest BCUT2D eigenvalue weighted by molar-refractivity contribution is -0.134. The molecule has 29 heavy (non-hydrogen) atoms. The maximum Gasteiger partial charge on any atom is 0.260 e. The summed E-state index contributed by atoms with van der Waals surface area (Å²) >= 11 is 0. The van der Waals surface area contributed by atoms with Gasteiger partial charge in [0.15, 0.2) is 6.61 Å². The van der Waals surface area contributed by atoms with Gasteiger partial charge in [-0.3, -0.25) is 4.79 Å². The molecule has 1 N–H and O–H groups in total. The van der Waals surface area contributed by atoms with Crippen molar-refractivity contribution in [2.75, 3.05) is 13.7 Å². The minimum Gasteiger partial charge on any atom is -0.484 e. The van der Waals surface area contributed by atoms with Crippen LogP contribution >= 0.6 is 24.8 Å². The average molecular weight is 440 g/mol. The molecule has 2 unspecified atom stereocenters. The van der Waals surface area contributed by atoms with E-state index in [1.54, 1.807) is 24.4 Å². The summed E-state index contributed by atoms with van der Waals surface area (Å²) in [6, 6.07) is 14.2. The number of pyridine rings is 1. The van der Waals surface area contributed by atoms with Gasteiger partial charge in [0.2, 0.25) is 5.88 Å². The molecule has 6 nitrogen and oxygen atoms in total. The highest BCUT2D eigenvalue weighted by Crippen LogP contribution is 2.29. The van der Waals surface area contributed by atoms with Crippen molar-refractivity contribution >= 4 is 30.7 Å². The molecule has 2 aliphatic heterocycles. The van der Waals surface area contributed by atoms with E-state index in [0.29, 0.717) is 35.5 Å². The Kier molecular flexibility index (Phi) is 8.56. The molecule has 1 aromatic heterocycles. The number of carbonyl (C=O) groups excluding carboxylic acids is 1. The number of amides is 1. The molecule has 0 aliphatic carbocycles. The first-order valence-corrected chi connectivity index (χ1v) is 9.51. The van der Waals surface area contributed by atoms with Gasteiger partial charge in [-0.05, 0) is 56.0 Å². The van der Waals surface area contributed by atoms with Crippen molar-refractivity contribution in [1.29, 1.82) is 0 Å². The summed E-state index contributed by atoms with van der Waals surface area (Å²) in [4.78, 5) is 18.5. The number of carbonyl (C=O) groups is 1. The highest BCUT2D eigenvalue weighted by molar-refractivity contribution is 5.85. The molecule has 3 heterocycles. The molecule has 0 saturated carbocycles. The zero-order chi connectivity index (χ0) is 18.6. The summed E-state index contributed by atoms with van der Waals surface area (Å²) in [6.07, 6.45) is 6.22. The normalized spacial score (nSPS) is 22.0.